The lowest BCUT2D eigenvalue weighted by molar-refractivity contribution is 0.267. The summed E-state index contributed by atoms with van der Waals surface area (Å²) in [6.45, 7) is 5.39. The summed E-state index contributed by atoms with van der Waals surface area (Å²) in [5, 5.41) is 14.9. The van der Waals surface area contributed by atoms with Gasteiger partial charge in [0.1, 0.15) is 11.3 Å². The molecule has 0 heterocycles. The molecule has 2 rings (SSSR count). The highest BCUT2D eigenvalue weighted by Crippen LogP contribution is 2.21. The van der Waals surface area contributed by atoms with E-state index in [-0.39, 0.29) is 0 Å². The van der Waals surface area contributed by atoms with Gasteiger partial charge in [0.2, 0.25) is 0 Å². The van der Waals surface area contributed by atoms with Crippen LogP contribution in [0.1, 0.15) is 26.7 Å². The van der Waals surface area contributed by atoms with Crippen LogP contribution >= 0.6 is 0 Å². The Balaban J connectivity index is 1.94. The first-order valence-corrected chi connectivity index (χ1v) is 7.45. The third kappa shape index (κ3) is 4.21. The monoisotopic (exact) mass is 282 g/mol. The fraction of sp³-hybridized carbons (Fsp3) is 0.389. The molecule has 0 spiro atoms. The molecule has 0 fully saturated rings. The molecule has 1 N–H and O–H groups in total. The minimum absolute atomic E-state index is 0.521. The van der Waals surface area contributed by atoms with E-state index < -0.39 is 5.54 Å². The molecule has 0 aromatic heterocycles. The van der Waals surface area contributed by atoms with Crippen LogP contribution < -0.4 is 10.1 Å². The molecule has 1 unspecified atom stereocenters. The smallest absolute Gasteiger partial charge is 0.119 e. The molecule has 0 radical (unpaired) electrons. The molecule has 0 aliphatic carbocycles. The Hall–Kier alpha value is -2.05. The van der Waals surface area contributed by atoms with Gasteiger partial charge in [-0.1, -0.05) is 37.3 Å². The average molecular weight is 282 g/mol. The molecule has 3 nitrogen and oxygen atoms in total. The van der Waals surface area contributed by atoms with Crippen LogP contribution in [0.4, 0.5) is 0 Å². The molecule has 0 amide bonds. The number of hydrogen-bond donors (Lipinski definition) is 1. The minimum Gasteiger partial charge on any atom is -0.493 e. The molecule has 0 saturated carbocycles. The van der Waals surface area contributed by atoms with Crippen molar-refractivity contribution in [3.8, 4) is 11.8 Å². The van der Waals surface area contributed by atoms with E-state index in [4.69, 9.17) is 4.74 Å². The molecule has 0 saturated heterocycles. The molecule has 0 bridgehead atoms. The zero-order valence-corrected chi connectivity index (χ0v) is 12.7. The van der Waals surface area contributed by atoms with Gasteiger partial charge in [-0.15, -0.1) is 0 Å². The van der Waals surface area contributed by atoms with Crippen LogP contribution in [-0.4, -0.2) is 18.7 Å². The SMILES string of the molecule is CCCNC(C)(C#N)CCOc1ccc2ccccc2c1. The van der Waals surface area contributed by atoms with Crippen LogP contribution in [-0.2, 0) is 0 Å². The number of nitriles is 1. The third-order valence-corrected chi connectivity index (χ3v) is 3.60. The summed E-state index contributed by atoms with van der Waals surface area (Å²) in [7, 11) is 0. The van der Waals surface area contributed by atoms with E-state index in [1.807, 2.05) is 31.2 Å². The van der Waals surface area contributed by atoms with Crippen LogP contribution in [0.25, 0.3) is 10.8 Å². The highest BCUT2D eigenvalue weighted by molar-refractivity contribution is 5.83. The molecule has 2 aromatic rings. The first-order chi connectivity index (χ1) is 10.2. The zero-order chi connectivity index (χ0) is 15.1. The van der Waals surface area contributed by atoms with Crippen molar-refractivity contribution < 1.29 is 4.74 Å². The van der Waals surface area contributed by atoms with Crippen molar-refractivity contribution in [3.63, 3.8) is 0 Å². The van der Waals surface area contributed by atoms with Crippen LogP contribution in [0.5, 0.6) is 5.75 Å². The van der Waals surface area contributed by atoms with E-state index >= 15 is 0 Å². The topological polar surface area (TPSA) is 45.0 Å². The summed E-state index contributed by atoms with van der Waals surface area (Å²) in [4.78, 5) is 0. The Morgan fingerprint density at radius 3 is 2.67 bits per heavy atom. The molecule has 0 aliphatic rings. The van der Waals surface area contributed by atoms with E-state index in [9.17, 15) is 5.26 Å². The zero-order valence-electron chi connectivity index (χ0n) is 12.7. The Morgan fingerprint density at radius 1 is 1.19 bits per heavy atom. The van der Waals surface area contributed by atoms with Gasteiger partial charge in [-0.2, -0.15) is 5.26 Å². The number of nitrogens with zero attached hydrogens (tertiary/aromatic N) is 1. The van der Waals surface area contributed by atoms with Gasteiger partial charge in [0.05, 0.1) is 12.7 Å². The number of hydrogen-bond acceptors (Lipinski definition) is 3. The lowest BCUT2D eigenvalue weighted by Crippen LogP contribution is -2.42. The molecule has 3 heteroatoms. The predicted molar refractivity (Wildman–Crippen MR) is 86.4 cm³/mol. The first-order valence-electron chi connectivity index (χ1n) is 7.45. The van der Waals surface area contributed by atoms with Crippen molar-refractivity contribution in [2.75, 3.05) is 13.2 Å². The lowest BCUT2D eigenvalue weighted by Gasteiger charge is -2.23. The molecule has 110 valence electrons. The van der Waals surface area contributed by atoms with Crippen molar-refractivity contribution in [1.82, 2.24) is 5.32 Å². The summed E-state index contributed by atoms with van der Waals surface area (Å²) in [6.07, 6.45) is 1.68. The van der Waals surface area contributed by atoms with E-state index in [0.717, 1.165) is 18.7 Å². The molecule has 1 atom stereocenters. The largest absolute Gasteiger partial charge is 0.493 e. The van der Waals surface area contributed by atoms with Crippen molar-refractivity contribution in [3.05, 3.63) is 42.5 Å². The summed E-state index contributed by atoms with van der Waals surface area (Å²) in [5.74, 6) is 0.851. The van der Waals surface area contributed by atoms with Gasteiger partial charge in [0.15, 0.2) is 0 Å². The van der Waals surface area contributed by atoms with Gasteiger partial charge in [-0.25, -0.2) is 0 Å². The van der Waals surface area contributed by atoms with E-state index in [1.165, 1.54) is 10.8 Å². The fourth-order valence-electron chi connectivity index (χ4n) is 2.21. The average Bonchev–Trinajstić information content (AvgIpc) is 2.53. The molecular formula is C18H22N2O. The van der Waals surface area contributed by atoms with Crippen molar-refractivity contribution >= 4 is 10.8 Å². The lowest BCUT2D eigenvalue weighted by atomic mass is 10.0. The number of benzene rings is 2. The number of rotatable bonds is 7. The Bertz CT molecular complexity index is 632. The maximum absolute atomic E-state index is 9.28. The highest BCUT2D eigenvalue weighted by atomic mass is 16.5. The molecule has 2 aromatic carbocycles. The van der Waals surface area contributed by atoms with Gasteiger partial charge in [-0.3, -0.25) is 5.32 Å². The maximum atomic E-state index is 9.28. The summed E-state index contributed by atoms with van der Waals surface area (Å²) in [5.41, 5.74) is -0.521. The molecule has 21 heavy (non-hydrogen) atoms. The van der Waals surface area contributed by atoms with Crippen LogP contribution in [0, 0.1) is 11.3 Å². The Morgan fingerprint density at radius 2 is 1.95 bits per heavy atom. The second-order valence-corrected chi connectivity index (χ2v) is 5.48. The summed E-state index contributed by atoms with van der Waals surface area (Å²) >= 11 is 0. The molecule has 0 aliphatic heterocycles. The van der Waals surface area contributed by atoms with Gasteiger partial charge in [0.25, 0.3) is 0 Å². The highest BCUT2D eigenvalue weighted by Gasteiger charge is 2.22. The van der Waals surface area contributed by atoms with Gasteiger partial charge >= 0.3 is 0 Å². The first kappa shape index (κ1) is 15.3. The van der Waals surface area contributed by atoms with Gasteiger partial charge < -0.3 is 4.74 Å². The Kier molecular flexibility index (Phi) is 5.19. The minimum atomic E-state index is -0.521. The number of fused-ring (bicyclic) bond motifs is 1. The van der Waals surface area contributed by atoms with E-state index in [1.54, 1.807) is 0 Å². The molecular weight excluding hydrogens is 260 g/mol. The van der Waals surface area contributed by atoms with Crippen LogP contribution in [0.2, 0.25) is 0 Å². The third-order valence-electron chi connectivity index (χ3n) is 3.60. The standard InChI is InChI=1S/C18H22N2O/c1-3-11-20-18(2,14-19)10-12-21-17-9-8-15-6-4-5-7-16(15)13-17/h4-9,13,20H,3,10-12H2,1-2H3. The Labute approximate surface area is 126 Å². The van der Waals surface area contributed by atoms with Crippen molar-refractivity contribution in [2.24, 2.45) is 0 Å². The number of ether oxygens (including phenoxy) is 1. The van der Waals surface area contributed by atoms with E-state index in [2.05, 4.69) is 36.5 Å². The van der Waals surface area contributed by atoms with E-state index in [0.29, 0.717) is 13.0 Å². The summed E-state index contributed by atoms with van der Waals surface area (Å²) < 4.78 is 5.80. The van der Waals surface area contributed by atoms with Crippen molar-refractivity contribution in [2.45, 2.75) is 32.2 Å². The quantitative estimate of drug-likeness (QED) is 0.838. The van der Waals surface area contributed by atoms with Gasteiger partial charge in [-0.05, 0) is 42.8 Å². The second-order valence-electron chi connectivity index (χ2n) is 5.48. The predicted octanol–water partition coefficient (Wildman–Crippen LogP) is 3.89. The summed E-state index contributed by atoms with van der Waals surface area (Å²) in [6, 6.07) is 16.6. The normalized spacial score (nSPS) is 13.6. The second kappa shape index (κ2) is 7.10. The van der Waals surface area contributed by atoms with Crippen molar-refractivity contribution in [1.29, 1.82) is 5.26 Å². The maximum Gasteiger partial charge on any atom is 0.119 e. The fourth-order valence-corrected chi connectivity index (χ4v) is 2.21. The number of nitrogens with one attached hydrogen (secondary N) is 1. The van der Waals surface area contributed by atoms with Gasteiger partial charge in [0, 0.05) is 6.42 Å². The van der Waals surface area contributed by atoms with Crippen LogP contribution in [0.15, 0.2) is 42.5 Å². The van der Waals surface area contributed by atoms with Crippen LogP contribution in [0.3, 0.4) is 0 Å².